The van der Waals surface area contributed by atoms with Gasteiger partial charge in [0.1, 0.15) is 11.9 Å². The van der Waals surface area contributed by atoms with E-state index in [9.17, 15) is 30.7 Å². The smallest absolute Gasteiger partial charge is 0.316 e. The van der Waals surface area contributed by atoms with Gasteiger partial charge in [-0.1, -0.05) is 0 Å². The number of halogens is 7. The molecular formula is C9H6F7N. The molecule has 0 radical (unpaired) electrons. The molecule has 1 rings (SSSR count). The Morgan fingerprint density at radius 2 is 1.53 bits per heavy atom. The van der Waals surface area contributed by atoms with Crippen LogP contribution in [-0.2, 0) is 6.18 Å². The van der Waals surface area contributed by atoms with Gasteiger partial charge < -0.3 is 5.73 Å². The predicted molar refractivity (Wildman–Crippen MR) is 44.4 cm³/mol. The molecule has 0 saturated heterocycles. The highest BCUT2D eigenvalue weighted by Gasteiger charge is 2.40. The minimum Gasteiger partial charge on any atom is -0.316 e. The van der Waals surface area contributed by atoms with Crippen molar-refractivity contribution in [2.75, 3.05) is 0 Å². The number of hydrogen-bond acceptors (Lipinski definition) is 1. The third-order valence-electron chi connectivity index (χ3n) is 2.01. The van der Waals surface area contributed by atoms with Crippen LogP contribution in [0.4, 0.5) is 30.7 Å². The second kappa shape index (κ2) is 4.17. The van der Waals surface area contributed by atoms with Crippen molar-refractivity contribution < 1.29 is 30.7 Å². The molecule has 0 saturated carbocycles. The number of hydrogen-bond donors (Lipinski definition) is 1. The molecule has 1 aromatic rings. The molecule has 0 unspecified atom stereocenters. The van der Waals surface area contributed by atoms with E-state index in [2.05, 4.69) is 5.73 Å². The first-order valence-electron chi connectivity index (χ1n) is 4.22. The standard InChI is InChI=1S/C9H6F7N/c10-6-2-1-4(8(11,12)13)3-5(6)7(17)9(14,15)16/h1-3,7H,17H2/t7-/m0/s1. The molecule has 2 N–H and O–H groups in total. The lowest BCUT2D eigenvalue weighted by Crippen LogP contribution is -2.29. The van der Waals surface area contributed by atoms with E-state index < -0.39 is 35.3 Å². The van der Waals surface area contributed by atoms with Crippen LogP contribution in [0.1, 0.15) is 17.2 Å². The van der Waals surface area contributed by atoms with Crippen molar-refractivity contribution in [1.82, 2.24) is 0 Å². The van der Waals surface area contributed by atoms with Crippen LogP contribution in [-0.4, -0.2) is 6.18 Å². The molecule has 1 atom stereocenters. The first-order chi connectivity index (χ1) is 7.53. The molecule has 0 aromatic heterocycles. The maximum absolute atomic E-state index is 13.0. The van der Waals surface area contributed by atoms with E-state index in [-0.39, 0.29) is 6.07 Å². The molecule has 0 spiro atoms. The quantitative estimate of drug-likeness (QED) is 0.770. The van der Waals surface area contributed by atoms with Crippen molar-refractivity contribution in [3.8, 4) is 0 Å². The lowest BCUT2D eigenvalue weighted by atomic mass is 10.0. The maximum Gasteiger partial charge on any atom is 0.416 e. The summed E-state index contributed by atoms with van der Waals surface area (Å²) in [6, 6.07) is -2.07. The molecule has 0 amide bonds. The first-order valence-corrected chi connectivity index (χ1v) is 4.22. The van der Waals surface area contributed by atoms with Gasteiger partial charge in [-0.15, -0.1) is 0 Å². The highest BCUT2D eigenvalue weighted by molar-refractivity contribution is 5.30. The molecule has 0 bridgehead atoms. The van der Waals surface area contributed by atoms with E-state index in [0.29, 0.717) is 12.1 Å². The first kappa shape index (κ1) is 13.8. The average Bonchev–Trinajstić information content (AvgIpc) is 2.14. The van der Waals surface area contributed by atoms with Gasteiger partial charge in [0.2, 0.25) is 0 Å². The Bertz CT molecular complexity index is 407. The van der Waals surface area contributed by atoms with E-state index in [1.165, 1.54) is 0 Å². The van der Waals surface area contributed by atoms with Gasteiger partial charge in [0.05, 0.1) is 5.56 Å². The van der Waals surface area contributed by atoms with Crippen LogP contribution < -0.4 is 5.73 Å². The summed E-state index contributed by atoms with van der Waals surface area (Å²) in [6.07, 6.45) is -9.86. The van der Waals surface area contributed by atoms with Gasteiger partial charge in [0.25, 0.3) is 0 Å². The van der Waals surface area contributed by atoms with Crippen molar-refractivity contribution in [2.24, 2.45) is 5.73 Å². The largest absolute Gasteiger partial charge is 0.416 e. The molecule has 1 nitrogen and oxygen atoms in total. The van der Waals surface area contributed by atoms with Crippen LogP contribution in [0.5, 0.6) is 0 Å². The Morgan fingerprint density at radius 3 is 1.94 bits per heavy atom. The van der Waals surface area contributed by atoms with Crippen LogP contribution in [0.25, 0.3) is 0 Å². The van der Waals surface area contributed by atoms with Crippen molar-refractivity contribution in [2.45, 2.75) is 18.4 Å². The number of rotatable bonds is 1. The highest BCUT2D eigenvalue weighted by Crippen LogP contribution is 2.36. The third kappa shape index (κ3) is 3.09. The Morgan fingerprint density at radius 1 is 1.00 bits per heavy atom. The van der Waals surface area contributed by atoms with Gasteiger partial charge in [-0.2, -0.15) is 26.3 Å². The second-order valence-electron chi connectivity index (χ2n) is 3.25. The fourth-order valence-corrected chi connectivity index (χ4v) is 1.13. The average molecular weight is 261 g/mol. The van der Waals surface area contributed by atoms with E-state index >= 15 is 0 Å². The summed E-state index contributed by atoms with van der Waals surface area (Å²) in [5.74, 6) is -1.43. The van der Waals surface area contributed by atoms with Gasteiger partial charge >= 0.3 is 12.4 Å². The zero-order valence-corrected chi connectivity index (χ0v) is 8.03. The molecule has 17 heavy (non-hydrogen) atoms. The molecule has 1 aromatic carbocycles. The molecule has 0 aliphatic heterocycles. The Labute approximate surface area is 91.0 Å². The normalized spacial score (nSPS) is 14.8. The fourth-order valence-electron chi connectivity index (χ4n) is 1.13. The van der Waals surface area contributed by atoms with Gasteiger partial charge in [-0.3, -0.25) is 0 Å². The van der Waals surface area contributed by atoms with Crippen molar-refractivity contribution in [1.29, 1.82) is 0 Å². The summed E-state index contributed by atoms with van der Waals surface area (Å²) in [7, 11) is 0. The van der Waals surface area contributed by atoms with Crippen molar-refractivity contribution in [3.05, 3.63) is 35.1 Å². The Kier molecular flexibility index (Phi) is 3.37. The van der Waals surface area contributed by atoms with Crippen molar-refractivity contribution >= 4 is 0 Å². The van der Waals surface area contributed by atoms with Gasteiger partial charge in [-0.05, 0) is 18.2 Å². The minimum atomic E-state index is -5.01. The predicted octanol–water partition coefficient (Wildman–Crippen LogP) is 3.41. The molecule has 96 valence electrons. The van der Waals surface area contributed by atoms with E-state index in [1.54, 1.807) is 0 Å². The summed E-state index contributed by atoms with van der Waals surface area (Å²) in [6.45, 7) is 0. The Balaban J connectivity index is 3.25. The second-order valence-corrected chi connectivity index (χ2v) is 3.25. The van der Waals surface area contributed by atoms with Gasteiger partial charge in [-0.25, -0.2) is 4.39 Å². The lowest BCUT2D eigenvalue weighted by Gasteiger charge is -2.18. The summed E-state index contributed by atoms with van der Waals surface area (Å²) in [5.41, 5.74) is 2.04. The summed E-state index contributed by atoms with van der Waals surface area (Å²) >= 11 is 0. The Hall–Kier alpha value is -1.31. The zero-order chi connectivity index (χ0) is 13.4. The SMILES string of the molecule is N[C@@H](c1cc(C(F)(F)F)ccc1F)C(F)(F)F. The minimum absolute atomic E-state index is 0.0630. The van der Waals surface area contributed by atoms with Gasteiger partial charge in [0, 0.05) is 5.56 Å². The van der Waals surface area contributed by atoms with E-state index in [1.807, 2.05) is 0 Å². The molecule has 8 heteroatoms. The van der Waals surface area contributed by atoms with Crippen LogP contribution in [0.3, 0.4) is 0 Å². The van der Waals surface area contributed by atoms with Crippen LogP contribution in [0, 0.1) is 5.82 Å². The monoisotopic (exact) mass is 261 g/mol. The molecule has 0 fully saturated rings. The number of nitrogens with two attached hydrogens (primary N) is 1. The van der Waals surface area contributed by atoms with E-state index in [4.69, 9.17) is 0 Å². The molecule has 0 heterocycles. The zero-order valence-electron chi connectivity index (χ0n) is 8.03. The van der Waals surface area contributed by atoms with Gasteiger partial charge in [0.15, 0.2) is 0 Å². The van der Waals surface area contributed by atoms with Crippen LogP contribution in [0.15, 0.2) is 18.2 Å². The van der Waals surface area contributed by atoms with Crippen LogP contribution >= 0.6 is 0 Å². The lowest BCUT2D eigenvalue weighted by molar-refractivity contribution is -0.150. The third-order valence-corrected chi connectivity index (χ3v) is 2.01. The summed E-state index contributed by atoms with van der Waals surface area (Å²) in [4.78, 5) is 0. The fraction of sp³-hybridized carbons (Fsp3) is 0.333. The molecule has 0 aliphatic rings. The number of benzene rings is 1. The summed E-state index contributed by atoms with van der Waals surface area (Å²) < 4.78 is 86.1. The van der Waals surface area contributed by atoms with E-state index in [0.717, 1.165) is 0 Å². The number of alkyl halides is 6. The van der Waals surface area contributed by atoms with Crippen molar-refractivity contribution in [3.63, 3.8) is 0 Å². The summed E-state index contributed by atoms with van der Waals surface area (Å²) in [5, 5.41) is 0. The van der Waals surface area contributed by atoms with Crippen LogP contribution in [0.2, 0.25) is 0 Å². The molecule has 0 aliphatic carbocycles. The topological polar surface area (TPSA) is 26.0 Å². The highest BCUT2D eigenvalue weighted by atomic mass is 19.4. The molecular weight excluding hydrogens is 255 g/mol. The maximum atomic E-state index is 13.0.